The van der Waals surface area contributed by atoms with Crippen molar-refractivity contribution >= 4 is 27.0 Å². The third-order valence-electron chi connectivity index (χ3n) is 2.52. The number of pyridine rings is 1. The van der Waals surface area contributed by atoms with Gasteiger partial charge in [0.05, 0.1) is 11.0 Å². The first-order valence-corrected chi connectivity index (χ1v) is 5.87. The van der Waals surface area contributed by atoms with E-state index in [9.17, 15) is 4.79 Å². The van der Waals surface area contributed by atoms with Gasteiger partial charge in [0.2, 0.25) is 0 Å². The molecule has 84 valence electrons. The van der Waals surface area contributed by atoms with Crippen LogP contribution < -0.4 is 5.69 Å². The lowest BCUT2D eigenvalue weighted by Crippen LogP contribution is -2.15. The minimum absolute atomic E-state index is 0.184. The quantitative estimate of drug-likeness (QED) is 0.748. The largest absolute Gasteiger partial charge is 0.332 e. The summed E-state index contributed by atoms with van der Waals surface area (Å²) in [6.45, 7) is 0. The maximum Gasteiger partial charge on any atom is 0.332 e. The fourth-order valence-electron chi connectivity index (χ4n) is 1.80. The van der Waals surface area contributed by atoms with E-state index in [1.54, 1.807) is 16.8 Å². The van der Waals surface area contributed by atoms with Crippen molar-refractivity contribution in [3.8, 4) is 5.82 Å². The highest BCUT2D eigenvalue weighted by Crippen LogP contribution is 2.18. The molecule has 0 saturated carbocycles. The minimum atomic E-state index is -0.184. The van der Waals surface area contributed by atoms with E-state index < -0.39 is 0 Å². The van der Waals surface area contributed by atoms with Crippen LogP contribution in [0, 0.1) is 0 Å². The summed E-state index contributed by atoms with van der Waals surface area (Å²) >= 11 is 3.38. The third-order valence-corrected chi connectivity index (χ3v) is 3.02. The van der Waals surface area contributed by atoms with Crippen molar-refractivity contribution in [2.24, 2.45) is 0 Å². The van der Waals surface area contributed by atoms with Crippen LogP contribution in [-0.4, -0.2) is 14.5 Å². The van der Waals surface area contributed by atoms with Gasteiger partial charge in [0, 0.05) is 10.7 Å². The number of hydrogen-bond donors (Lipinski definition) is 1. The van der Waals surface area contributed by atoms with Gasteiger partial charge in [0.25, 0.3) is 0 Å². The van der Waals surface area contributed by atoms with E-state index in [1.165, 1.54) is 0 Å². The summed E-state index contributed by atoms with van der Waals surface area (Å²) in [7, 11) is 0. The standard InChI is InChI=1S/C12H8BrN3O/c13-8-4-5-10-9(7-8)15-12(17)16(10)11-3-1-2-6-14-11/h1-7H,(H,15,17). The molecule has 0 aliphatic heterocycles. The average Bonchev–Trinajstić information content (AvgIpc) is 2.65. The summed E-state index contributed by atoms with van der Waals surface area (Å²) in [6, 6.07) is 11.1. The van der Waals surface area contributed by atoms with Crippen LogP contribution in [0.4, 0.5) is 0 Å². The molecule has 0 aliphatic carbocycles. The zero-order chi connectivity index (χ0) is 11.8. The molecule has 3 aromatic rings. The number of rotatable bonds is 1. The molecule has 5 heteroatoms. The molecule has 0 aliphatic rings. The van der Waals surface area contributed by atoms with Crippen molar-refractivity contribution in [1.82, 2.24) is 14.5 Å². The lowest BCUT2D eigenvalue weighted by Gasteiger charge is -2.01. The highest BCUT2D eigenvalue weighted by atomic mass is 79.9. The molecule has 0 atom stereocenters. The Labute approximate surface area is 105 Å². The molecule has 1 N–H and O–H groups in total. The molecule has 2 heterocycles. The van der Waals surface area contributed by atoms with Crippen molar-refractivity contribution in [1.29, 1.82) is 0 Å². The summed E-state index contributed by atoms with van der Waals surface area (Å²) < 4.78 is 2.49. The Morgan fingerprint density at radius 1 is 1.24 bits per heavy atom. The van der Waals surface area contributed by atoms with Crippen molar-refractivity contribution in [2.75, 3.05) is 0 Å². The molecule has 0 spiro atoms. The van der Waals surface area contributed by atoms with Gasteiger partial charge in [0.15, 0.2) is 0 Å². The van der Waals surface area contributed by atoms with Crippen LogP contribution in [0.25, 0.3) is 16.9 Å². The molecule has 0 fully saturated rings. The first-order chi connectivity index (χ1) is 8.25. The number of nitrogens with one attached hydrogen (secondary N) is 1. The Bertz CT molecular complexity index is 730. The molecular formula is C12H8BrN3O. The molecular weight excluding hydrogens is 282 g/mol. The van der Waals surface area contributed by atoms with E-state index in [0.717, 1.165) is 15.5 Å². The summed E-state index contributed by atoms with van der Waals surface area (Å²) in [4.78, 5) is 18.9. The Kier molecular flexibility index (Phi) is 2.33. The average molecular weight is 290 g/mol. The van der Waals surface area contributed by atoms with Gasteiger partial charge in [-0.2, -0.15) is 0 Å². The molecule has 4 nitrogen and oxygen atoms in total. The van der Waals surface area contributed by atoms with Gasteiger partial charge in [-0.05, 0) is 30.3 Å². The highest BCUT2D eigenvalue weighted by molar-refractivity contribution is 9.10. The van der Waals surface area contributed by atoms with E-state index in [0.29, 0.717) is 5.82 Å². The number of imidazole rings is 1. The predicted molar refractivity (Wildman–Crippen MR) is 69.4 cm³/mol. The number of benzene rings is 1. The lowest BCUT2D eigenvalue weighted by atomic mass is 10.3. The van der Waals surface area contributed by atoms with Gasteiger partial charge in [0.1, 0.15) is 5.82 Å². The van der Waals surface area contributed by atoms with Crippen molar-refractivity contribution in [3.63, 3.8) is 0 Å². The number of halogens is 1. The monoisotopic (exact) mass is 289 g/mol. The third kappa shape index (κ3) is 1.68. The Hall–Kier alpha value is -1.88. The molecule has 0 saturated heterocycles. The fourth-order valence-corrected chi connectivity index (χ4v) is 2.16. The smallest absolute Gasteiger partial charge is 0.305 e. The second-order valence-electron chi connectivity index (χ2n) is 3.61. The van der Waals surface area contributed by atoms with Gasteiger partial charge in [-0.1, -0.05) is 22.0 Å². The Morgan fingerprint density at radius 2 is 2.12 bits per heavy atom. The number of nitrogens with zero attached hydrogens (tertiary/aromatic N) is 2. The Balaban J connectivity index is 2.37. The van der Waals surface area contributed by atoms with Crippen LogP contribution >= 0.6 is 15.9 Å². The molecule has 2 aromatic heterocycles. The zero-order valence-corrected chi connectivity index (χ0v) is 10.3. The summed E-state index contributed by atoms with van der Waals surface area (Å²) in [5, 5.41) is 0. The highest BCUT2D eigenvalue weighted by Gasteiger charge is 2.08. The topological polar surface area (TPSA) is 50.7 Å². The first kappa shape index (κ1) is 10.3. The summed E-state index contributed by atoms with van der Waals surface area (Å²) in [6.07, 6.45) is 1.67. The first-order valence-electron chi connectivity index (χ1n) is 5.07. The number of aromatic nitrogens is 3. The maximum absolute atomic E-state index is 11.9. The van der Waals surface area contributed by atoms with Crippen molar-refractivity contribution in [3.05, 3.63) is 57.6 Å². The van der Waals surface area contributed by atoms with E-state index >= 15 is 0 Å². The molecule has 17 heavy (non-hydrogen) atoms. The number of aromatic amines is 1. The van der Waals surface area contributed by atoms with Crippen molar-refractivity contribution < 1.29 is 0 Å². The number of hydrogen-bond acceptors (Lipinski definition) is 2. The van der Waals surface area contributed by atoms with E-state index in [1.807, 2.05) is 30.3 Å². The number of fused-ring (bicyclic) bond motifs is 1. The second kappa shape index (κ2) is 3.85. The normalized spacial score (nSPS) is 10.9. The van der Waals surface area contributed by atoms with Crippen LogP contribution in [0.1, 0.15) is 0 Å². The van der Waals surface area contributed by atoms with Gasteiger partial charge in [-0.3, -0.25) is 0 Å². The lowest BCUT2D eigenvalue weighted by molar-refractivity contribution is 0.966. The van der Waals surface area contributed by atoms with E-state index in [-0.39, 0.29) is 5.69 Å². The minimum Gasteiger partial charge on any atom is -0.305 e. The molecule has 1 aromatic carbocycles. The van der Waals surface area contributed by atoms with Gasteiger partial charge < -0.3 is 4.98 Å². The predicted octanol–water partition coefficient (Wildman–Crippen LogP) is 2.48. The van der Waals surface area contributed by atoms with Crippen LogP contribution in [0.15, 0.2) is 51.9 Å². The van der Waals surface area contributed by atoms with Crippen molar-refractivity contribution in [2.45, 2.75) is 0 Å². The molecule has 0 bridgehead atoms. The molecule has 0 amide bonds. The van der Waals surface area contributed by atoms with E-state index in [2.05, 4.69) is 25.9 Å². The van der Waals surface area contributed by atoms with Gasteiger partial charge in [-0.15, -0.1) is 0 Å². The number of H-pyrrole nitrogens is 1. The maximum atomic E-state index is 11.9. The van der Waals surface area contributed by atoms with Gasteiger partial charge >= 0.3 is 5.69 Å². The summed E-state index contributed by atoms with van der Waals surface area (Å²) in [5.74, 6) is 0.617. The Morgan fingerprint density at radius 3 is 2.88 bits per heavy atom. The zero-order valence-electron chi connectivity index (χ0n) is 8.72. The van der Waals surface area contributed by atoms with Crippen LogP contribution in [0.5, 0.6) is 0 Å². The summed E-state index contributed by atoms with van der Waals surface area (Å²) in [5.41, 5.74) is 1.42. The van der Waals surface area contributed by atoms with Crippen LogP contribution in [0.2, 0.25) is 0 Å². The van der Waals surface area contributed by atoms with Crippen LogP contribution in [-0.2, 0) is 0 Å². The molecule has 3 rings (SSSR count). The fraction of sp³-hybridized carbons (Fsp3) is 0. The van der Waals surface area contributed by atoms with Crippen LogP contribution in [0.3, 0.4) is 0 Å². The molecule has 0 unspecified atom stereocenters. The van der Waals surface area contributed by atoms with E-state index in [4.69, 9.17) is 0 Å². The molecule has 0 radical (unpaired) electrons. The second-order valence-corrected chi connectivity index (χ2v) is 4.53. The van der Waals surface area contributed by atoms with Gasteiger partial charge in [-0.25, -0.2) is 14.3 Å². The SMILES string of the molecule is O=c1[nH]c2cc(Br)ccc2n1-c1ccccn1.